The molecule has 6 nitrogen and oxygen atoms in total. The van der Waals surface area contributed by atoms with Gasteiger partial charge in [-0.2, -0.15) is 13.2 Å². The van der Waals surface area contributed by atoms with E-state index in [0.29, 0.717) is 0 Å². The van der Waals surface area contributed by atoms with Crippen molar-refractivity contribution in [1.29, 1.82) is 0 Å². The molecule has 2 amide bonds. The van der Waals surface area contributed by atoms with Crippen LogP contribution in [0, 0.1) is 5.92 Å². The highest BCUT2D eigenvalue weighted by Crippen LogP contribution is 2.34. The SMILES string of the molecule is CC(C)C(NC(=O)c1ccco1)C(=O)NNc1ccccc1C(F)(F)F. The number of nitrogens with one attached hydrogen (secondary N) is 3. The summed E-state index contributed by atoms with van der Waals surface area (Å²) in [6, 6.07) is 6.72. The number of rotatable bonds is 6. The van der Waals surface area contributed by atoms with E-state index in [0.717, 1.165) is 6.07 Å². The van der Waals surface area contributed by atoms with E-state index < -0.39 is 29.6 Å². The summed E-state index contributed by atoms with van der Waals surface area (Å²) in [7, 11) is 0. The minimum atomic E-state index is -4.57. The number of hydrazine groups is 1. The Morgan fingerprint density at radius 3 is 2.35 bits per heavy atom. The molecule has 0 fully saturated rings. The van der Waals surface area contributed by atoms with Crippen LogP contribution >= 0.6 is 0 Å². The van der Waals surface area contributed by atoms with E-state index in [-0.39, 0.29) is 17.4 Å². The van der Waals surface area contributed by atoms with Gasteiger partial charge < -0.3 is 9.73 Å². The summed E-state index contributed by atoms with van der Waals surface area (Å²) in [5.74, 6) is -1.57. The molecule has 9 heteroatoms. The Labute approximate surface area is 147 Å². The number of alkyl halides is 3. The van der Waals surface area contributed by atoms with Gasteiger partial charge in [0.1, 0.15) is 6.04 Å². The van der Waals surface area contributed by atoms with Crippen LogP contribution < -0.4 is 16.2 Å². The number of carbonyl (C=O) groups excluding carboxylic acids is 2. The number of hydrogen-bond donors (Lipinski definition) is 3. The lowest BCUT2D eigenvalue weighted by atomic mass is 10.0. The molecule has 26 heavy (non-hydrogen) atoms. The molecule has 1 aromatic heterocycles. The van der Waals surface area contributed by atoms with E-state index in [4.69, 9.17) is 4.42 Å². The first kappa shape index (κ1) is 19.4. The number of amides is 2. The summed E-state index contributed by atoms with van der Waals surface area (Å²) in [5.41, 5.74) is 3.26. The summed E-state index contributed by atoms with van der Waals surface area (Å²) in [4.78, 5) is 24.4. The molecule has 0 aliphatic rings. The Balaban J connectivity index is 2.06. The topological polar surface area (TPSA) is 83.4 Å². The van der Waals surface area contributed by atoms with E-state index in [1.54, 1.807) is 13.8 Å². The Morgan fingerprint density at radius 2 is 1.77 bits per heavy atom. The summed E-state index contributed by atoms with van der Waals surface area (Å²) in [6.07, 6.45) is -3.26. The van der Waals surface area contributed by atoms with Crippen molar-refractivity contribution in [3.63, 3.8) is 0 Å². The molecular weight excluding hydrogens is 351 g/mol. The van der Waals surface area contributed by atoms with E-state index in [1.165, 1.54) is 36.6 Å². The van der Waals surface area contributed by atoms with E-state index in [2.05, 4.69) is 16.2 Å². The first-order valence-electron chi connectivity index (χ1n) is 7.76. The number of halogens is 3. The first-order chi connectivity index (χ1) is 12.2. The van der Waals surface area contributed by atoms with Crippen LogP contribution in [0.5, 0.6) is 0 Å². The maximum atomic E-state index is 13.0. The Morgan fingerprint density at radius 1 is 1.08 bits per heavy atom. The molecule has 0 radical (unpaired) electrons. The van der Waals surface area contributed by atoms with Gasteiger partial charge in [-0.15, -0.1) is 0 Å². The Hall–Kier alpha value is -2.97. The zero-order chi connectivity index (χ0) is 19.3. The van der Waals surface area contributed by atoms with Crippen LogP contribution in [0.25, 0.3) is 0 Å². The fourth-order valence-electron chi connectivity index (χ4n) is 2.20. The smallest absolute Gasteiger partial charge is 0.418 e. The first-order valence-corrected chi connectivity index (χ1v) is 7.76. The molecule has 2 aromatic rings. The van der Waals surface area contributed by atoms with Gasteiger partial charge in [-0.25, -0.2) is 0 Å². The average Bonchev–Trinajstić information content (AvgIpc) is 3.11. The summed E-state index contributed by atoms with van der Waals surface area (Å²) in [6.45, 7) is 3.38. The van der Waals surface area contributed by atoms with Crippen molar-refractivity contribution in [3.05, 3.63) is 54.0 Å². The van der Waals surface area contributed by atoms with Gasteiger partial charge in [-0.1, -0.05) is 26.0 Å². The number of furan rings is 1. The number of hydrogen-bond acceptors (Lipinski definition) is 4. The van der Waals surface area contributed by atoms with Crippen molar-refractivity contribution in [1.82, 2.24) is 10.7 Å². The number of carbonyl (C=O) groups is 2. The summed E-state index contributed by atoms with van der Waals surface area (Å²) < 4.78 is 43.9. The monoisotopic (exact) mass is 369 g/mol. The molecule has 0 aliphatic heterocycles. The lowest BCUT2D eigenvalue weighted by Crippen LogP contribution is -2.51. The Bertz CT molecular complexity index is 758. The highest BCUT2D eigenvalue weighted by atomic mass is 19.4. The third-order valence-corrected chi connectivity index (χ3v) is 3.53. The van der Waals surface area contributed by atoms with Crippen molar-refractivity contribution in [2.24, 2.45) is 5.92 Å². The molecule has 1 aromatic carbocycles. The second kappa shape index (κ2) is 7.94. The molecular formula is C17H18F3N3O3. The van der Waals surface area contributed by atoms with Gasteiger partial charge in [0, 0.05) is 0 Å². The van der Waals surface area contributed by atoms with Gasteiger partial charge in [-0.05, 0) is 30.2 Å². The van der Waals surface area contributed by atoms with Crippen molar-refractivity contribution in [2.75, 3.05) is 5.43 Å². The molecule has 1 unspecified atom stereocenters. The fourth-order valence-corrected chi connectivity index (χ4v) is 2.20. The standard InChI is InChI=1S/C17H18F3N3O3/c1-10(2)14(21-15(24)13-8-5-9-26-13)16(25)23-22-12-7-4-3-6-11(12)17(18,19)20/h3-10,14,22H,1-2H3,(H,21,24)(H,23,25). The predicted octanol–water partition coefficient (Wildman–Crippen LogP) is 3.20. The van der Waals surface area contributed by atoms with Crippen LogP contribution in [0.2, 0.25) is 0 Å². The molecule has 0 spiro atoms. The minimum absolute atomic E-state index is 0.0267. The normalized spacial score (nSPS) is 12.5. The molecule has 1 heterocycles. The lowest BCUT2D eigenvalue weighted by Gasteiger charge is -2.22. The maximum Gasteiger partial charge on any atom is 0.418 e. The fraction of sp³-hybridized carbons (Fsp3) is 0.294. The highest BCUT2D eigenvalue weighted by molar-refractivity contribution is 5.95. The number of anilines is 1. The third kappa shape index (κ3) is 4.78. The lowest BCUT2D eigenvalue weighted by molar-refractivity contribution is -0.137. The van der Waals surface area contributed by atoms with Crippen molar-refractivity contribution < 1.29 is 27.2 Å². The van der Waals surface area contributed by atoms with Crippen molar-refractivity contribution in [3.8, 4) is 0 Å². The number of benzene rings is 1. The van der Waals surface area contributed by atoms with E-state index >= 15 is 0 Å². The third-order valence-electron chi connectivity index (χ3n) is 3.53. The largest absolute Gasteiger partial charge is 0.459 e. The van der Waals surface area contributed by atoms with Crippen LogP contribution in [-0.4, -0.2) is 17.9 Å². The molecule has 0 saturated heterocycles. The van der Waals surface area contributed by atoms with Crippen LogP contribution in [0.3, 0.4) is 0 Å². The molecule has 0 saturated carbocycles. The zero-order valence-electron chi connectivity index (χ0n) is 14.1. The second-order valence-corrected chi connectivity index (χ2v) is 5.83. The molecule has 1 atom stereocenters. The quantitative estimate of drug-likeness (QED) is 0.683. The van der Waals surface area contributed by atoms with Gasteiger partial charge in [-0.3, -0.25) is 20.4 Å². The molecule has 2 rings (SSSR count). The number of para-hydroxylation sites is 1. The summed E-state index contributed by atoms with van der Waals surface area (Å²) in [5, 5.41) is 2.49. The van der Waals surface area contributed by atoms with Crippen LogP contribution in [0.15, 0.2) is 47.1 Å². The van der Waals surface area contributed by atoms with Gasteiger partial charge in [0.05, 0.1) is 17.5 Å². The van der Waals surface area contributed by atoms with Gasteiger partial charge in [0.2, 0.25) is 0 Å². The van der Waals surface area contributed by atoms with E-state index in [9.17, 15) is 22.8 Å². The minimum Gasteiger partial charge on any atom is -0.459 e. The molecule has 3 N–H and O–H groups in total. The van der Waals surface area contributed by atoms with Crippen LogP contribution in [0.4, 0.5) is 18.9 Å². The van der Waals surface area contributed by atoms with Crippen molar-refractivity contribution in [2.45, 2.75) is 26.1 Å². The molecule has 0 bridgehead atoms. The van der Waals surface area contributed by atoms with Gasteiger partial charge >= 0.3 is 6.18 Å². The second-order valence-electron chi connectivity index (χ2n) is 5.83. The van der Waals surface area contributed by atoms with Gasteiger partial charge in [0.25, 0.3) is 11.8 Å². The van der Waals surface area contributed by atoms with Crippen LogP contribution in [0.1, 0.15) is 30.0 Å². The van der Waals surface area contributed by atoms with Crippen molar-refractivity contribution >= 4 is 17.5 Å². The highest BCUT2D eigenvalue weighted by Gasteiger charge is 2.33. The maximum absolute atomic E-state index is 13.0. The predicted molar refractivity (Wildman–Crippen MR) is 88.0 cm³/mol. The van der Waals surface area contributed by atoms with Crippen LogP contribution in [-0.2, 0) is 11.0 Å². The Kier molecular flexibility index (Phi) is 5.91. The summed E-state index contributed by atoms with van der Waals surface area (Å²) >= 11 is 0. The van der Waals surface area contributed by atoms with Gasteiger partial charge in [0.15, 0.2) is 5.76 Å². The average molecular weight is 369 g/mol. The van der Waals surface area contributed by atoms with E-state index in [1.807, 2.05) is 0 Å². The molecule has 0 aliphatic carbocycles. The molecule has 140 valence electrons. The zero-order valence-corrected chi connectivity index (χ0v) is 14.1.